The summed E-state index contributed by atoms with van der Waals surface area (Å²) in [5.41, 5.74) is 0. The average Bonchev–Trinajstić information content (AvgIpc) is 2.80. The number of rotatable bonds is 6. The van der Waals surface area contributed by atoms with Crippen LogP contribution in [0, 0.1) is 0 Å². The minimum atomic E-state index is 0.112. The van der Waals surface area contributed by atoms with Gasteiger partial charge in [-0.3, -0.25) is 0 Å². The zero-order valence-electron chi connectivity index (χ0n) is 8.01. The van der Waals surface area contributed by atoms with E-state index in [9.17, 15) is 0 Å². The Labute approximate surface area is 101 Å². The van der Waals surface area contributed by atoms with E-state index in [1.807, 2.05) is 12.1 Å². The van der Waals surface area contributed by atoms with Crippen LogP contribution in [0.5, 0.6) is 0 Å². The van der Waals surface area contributed by atoms with E-state index in [1.165, 1.54) is 4.43 Å². The minimum absolute atomic E-state index is 0.112. The third-order valence-corrected chi connectivity index (χ3v) is 7.80. The van der Waals surface area contributed by atoms with Gasteiger partial charge in [-0.05, 0) is 0 Å². The molecule has 0 N–H and O–H groups in total. The van der Waals surface area contributed by atoms with Crippen molar-refractivity contribution in [1.82, 2.24) is 5.06 Å². The van der Waals surface area contributed by atoms with Crippen LogP contribution >= 0.6 is 27.2 Å². The summed E-state index contributed by atoms with van der Waals surface area (Å²) in [6.45, 7) is 5.15. The second-order valence-electron chi connectivity index (χ2n) is 3.13. The summed E-state index contributed by atoms with van der Waals surface area (Å²) in [6, 6.07) is 0. The fourth-order valence-corrected chi connectivity index (χ4v) is 9.07. The van der Waals surface area contributed by atoms with Crippen molar-refractivity contribution >= 4 is 27.2 Å². The van der Waals surface area contributed by atoms with Crippen LogP contribution in [0.4, 0.5) is 0 Å². The van der Waals surface area contributed by atoms with Gasteiger partial charge in [0.1, 0.15) is 0 Å². The Balaban J connectivity index is 2.22. The molecule has 1 aliphatic rings. The SMILES string of the molecule is CP[C@](C)(C[I-]I)OCC1ON1C. The maximum atomic E-state index is 5.88. The Morgan fingerprint density at radius 3 is 2.77 bits per heavy atom. The number of hydrogen-bond donors (Lipinski definition) is 0. The molecule has 80 valence electrons. The number of halogens is 2. The summed E-state index contributed by atoms with van der Waals surface area (Å²) in [5, 5.41) is 1.94. The van der Waals surface area contributed by atoms with Gasteiger partial charge in [0.2, 0.25) is 0 Å². The fourth-order valence-electron chi connectivity index (χ4n) is 0.829. The molecule has 1 rings (SSSR count). The van der Waals surface area contributed by atoms with Crippen LogP contribution in [0.15, 0.2) is 0 Å². The standard InChI is InChI=1S/C7H15I2NO2P/c1-7(13-3,5-9-8)11-4-6-10(2)12-6/h6,13H,4-5H2,1-3H3/q-1/t6?,7-,10?/m1/s1. The van der Waals surface area contributed by atoms with E-state index in [4.69, 9.17) is 9.57 Å². The molecule has 6 heteroatoms. The van der Waals surface area contributed by atoms with Crippen LogP contribution < -0.4 is 17.2 Å². The van der Waals surface area contributed by atoms with Crippen LogP contribution in [-0.2, 0) is 9.57 Å². The molecule has 3 unspecified atom stereocenters. The second-order valence-corrected chi connectivity index (χ2v) is 9.90. The topological polar surface area (TPSA) is 24.8 Å². The predicted molar refractivity (Wildman–Crippen MR) is 60.1 cm³/mol. The second kappa shape index (κ2) is 5.75. The number of ether oxygens (including phenoxy) is 1. The van der Waals surface area contributed by atoms with Crippen molar-refractivity contribution in [2.75, 3.05) is 24.7 Å². The van der Waals surface area contributed by atoms with Crippen LogP contribution in [0.2, 0.25) is 0 Å². The number of alkyl halides is 1. The molecule has 0 amide bonds. The molecule has 0 bridgehead atoms. The molecule has 0 aromatic heterocycles. The molecule has 0 aromatic carbocycles. The van der Waals surface area contributed by atoms with Gasteiger partial charge in [-0.2, -0.15) is 0 Å². The van der Waals surface area contributed by atoms with Crippen LogP contribution in [-0.4, -0.2) is 41.4 Å². The summed E-state index contributed by atoms with van der Waals surface area (Å²) in [6.07, 6.45) is 0.211. The molecule has 0 radical (unpaired) electrons. The molecular weight excluding hydrogens is 415 g/mol. The summed E-state index contributed by atoms with van der Waals surface area (Å²) >= 11 is 2.79. The molecule has 4 atom stereocenters. The Hall–Kier alpha value is 1.77. The van der Waals surface area contributed by atoms with Gasteiger partial charge in [-0.15, -0.1) is 0 Å². The first-order valence-corrected chi connectivity index (χ1v) is 13.3. The predicted octanol–water partition coefficient (Wildman–Crippen LogP) is -1.33. The van der Waals surface area contributed by atoms with E-state index < -0.39 is 0 Å². The molecule has 1 heterocycles. The Bertz CT molecular complexity index is 175. The third kappa shape index (κ3) is 4.42. The molecule has 1 aliphatic heterocycles. The first-order valence-electron chi connectivity index (χ1n) is 4.04. The first-order chi connectivity index (χ1) is 6.11. The molecular formula is C7H15I2NO2P-. The van der Waals surface area contributed by atoms with Crippen molar-refractivity contribution in [2.45, 2.75) is 18.5 Å². The molecule has 3 nitrogen and oxygen atoms in total. The van der Waals surface area contributed by atoms with Gasteiger partial charge in [0.15, 0.2) is 0 Å². The van der Waals surface area contributed by atoms with E-state index in [2.05, 4.69) is 32.2 Å². The Morgan fingerprint density at radius 2 is 2.38 bits per heavy atom. The van der Waals surface area contributed by atoms with Gasteiger partial charge in [0.05, 0.1) is 0 Å². The van der Waals surface area contributed by atoms with Gasteiger partial charge < -0.3 is 0 Å². The van der Waals surface area contributed by atoms with Crippen molar-refractivity contribution in [3.05, 3.63) is 0 Å². The zero-order chi connectivity index (χ0) is 9.90. The van der Waals surface area contributed by atoms with Gasteiger partial charge in [-0.1, -0.05) is 0 Å². The molecule has 0 spiro atoms. The number of likely N-dealkylation sites (N-methyl/N-ethyl adjacent to an activating group) is 1. The molecule has 13 heavy (non-hydrogen) atoms. The summed E-state index contributed by atoms with van der Waals surface area (Å²) in [7, 11) is 2.79. The van der Waals surface area contributed by atoms with Gasteiger partial charge >= 0.3 is 102 Å². The Morgan fingerprint density at radius 1 is 1.77 bits per heavy atom. The zero-order valence-corrected chi connectivity index (χ0v) is 13.3. The number of nitrogens with zero attached hydrogens (tertiary/aromatic N) is 1. The summed E-state index contributed by atoms with van der Waals surface area (Å²) in [4.78, 5) is 5.15. The van der Waals surface area contributed by atoms with Gasteiger partial charge in [-0.25, -0.2) is 0 Å². The molecule has 1 fully saturated rings. The normalized spacial score (nSPS) is 32.6. The van der Waals surface area contributed by atoms with Crippen molar-refractivity contribution in [2.24, 2.45) is 0 Å². The third-order valence-electron chi connectivity index (χ3n) is 2.03. The molecule has 0 aromatic rings. The number of hydrogen-bond acceptors (Lipinski definition) is 3. The van der Waals surface area contributed by atoms with E-state index >= 15 is 0 Å². The van der Waals surface area contributed by atoms with Crippen LogP contribution in [0.1, 0.15) is 6.92 Å². The maximum absolute atomic E-state index is 5.88. The van der Waals surface area contributed by atoms with Crippen molar-refractivity contribution < 1.29 is 26.8 Å². The van der Waals surface area contributed by atoms with Crippen molar-refractivity contribution in [1.29, 1.82) is 0 Å². The first kappa shape index (κ1) is 12.8. The molecule has 0 aliphatic carbocycles. The molecule has 1 saturated heterocycles. The Kier molecular flexibility index (Phi) is 5.67. The summed E-state index contributed by atoms with van der Waals surface area (Å²) in [5.74, 6) is 0. The number of hydroxylamine groups is 2. The average molecular weight is 430 g/mol. The monoisotopic (exact) mass is 430 g/mol. The van der Waals surface area contributed by atoms with Gasteiger partial charge in [0, 0.05) is 0 Å². The van der Waals surface area contributed by atoms with Crippen molar-refractivity contribution in [3.8, 4) is 0 Å². The van der Waals surface area contributed by atoms with E-state index in [0.717, 1.165) is 8.58 Å². The summed E-state index contributed by atoms with van der Waals surface area (Å²) < 4.78 is 7.12. The van der Waals surface area contributed by atoms with E-state index in [0.29, 0.717) is 6.61 Å². The van der Waals surface area contributed by atoms with Crippen molar-refractivity contribution in [3.63, 3.8) is 0 Å². The van der Waals surface area contributed by atoms with Gasteiger partial charge in [0.25, 0.3) is 0 Å². The van der Waals surface area contributed by atoms with Crippen LogP contribution in [0.25, 0.3) is 0 Å². The fraction of sp³-hybridized carbons (Fsp3) is 1.00. The quantitative estimate of drug-likeness (QED) is 0.226. The molecule has 0 saturated carbocycles. The van der Waals surface area contributed by atoms with E-state index in [1.54, 1.807) is 0 Å². The van der Waals surface area contributed by atoms with E-state index in [-0.39, 0.29) is 28.8 Å². The van der Waals surface area contributed by atoms with Crippen LogP contribution in [0.3, 0.4) is 0 Å².